The first-order valence-corrected chi connectivity index (χ1v) is 9.65. The van der Waals surface area contributed by atoms with Gasteiger partial charge in [-0.05, 0) is 43.4 Å². The van der Waals surface area contributed by atoms with Crippen LogP contribution in [0.1, 0.15) is 37.4 Å². The summed E-state index contributed by atoms with van der Waals surface area (Å²) in [5.74, 6) is 1.09. The highest BCUT2D eigenvalue weighted by atomic mass is 35.5. The van der Waals surface area contributed by atoms with Gasteiger partial charge >= 0.3 is 0 Å². The van der Waals surface area contributed by atoms with E-state index < -0.39 is 0 Å². The highest BCUT2D eigenvalue weighted by molar-refractivity contribution is 5.91. The fraction of sp³-hybridized carbons (Fsp3) is 0.500. The molecule has 1 saturated heterocycles. The molecule has 29 heavy (non-hydrogen) atoms. The molecule has 1 aliphatic heterocycles. The van der Waals surface area contributed by atoms with Gasteiger partial charge in [-0.25, -0.2) is 9.07 Å². The zero-order valence-electron chi connectivity index (χ0n) is 16.4. The molecule has 6 nitrogen and oxygen atoms in total. The molecule has 2 aliphatic rings. The molecule has 1 aromatic heterocycles. The Morgan fingerprint density at radius 3 is 2.86 bits per heavy atom. The van der Waals surface area contributed by atoms with Gasteiger partial charge in [-0.2, -0.15) is 5.10 Å². The van der Waals surface area contributed by atoms with Gasteiger partial charge in [-0.1, -0.05) is 12.1 Å². The number of piperazine rings is 1. The molecule has 0 radical (unpaired) electrons. The van der Waals surface area contributed by atoms with Crippen molar-refractivity contribution in [2.45, 2.75) is 31.8 Å². The molecular formula is C20H28Cl2FN5O. The zero-order valence-corrected chi connectivity index (χ0v) is 18.0. The number of amides is 1. The summed E-state index contributed by atoms with van der Waals surface area (Å²) in [4.78, 5) is 14.8. The maximum absolute atomic E-state index is 13.6. The van der Waals surface area contributed by atoms with Crippen LogP contribution in [0.15, 0.2) is 36.5 Å². The second kappa shape index (κ2) is 10.4. The number of anilines is 1. The Hall–Kier alpha value is -1.67. The van der Waals surface area contributed by atoms with Gasteiger partial charge in [0, 0.05) is 31.7 Å². The van der Waals surface area contributed by atoms with Crippen molar-refractivity contribution >= 4 is 36.5 Å². The van der Waals surface area contributed by atoms with E-state index in [1.165, 1.54) is 18.9 Å². The van der Waals surface area contributed by atoms with Crippen molar-refractivity contribution in [2.24, 2.45) is 5.92 Å². The second-order valence-electron chi connectivity index (χ2n) is 7.53. The van der Waals surface area contributed by atoms with Gasteiger partial charge in [0.1, 0.15) is 11.6 Å². The van der Waals surface area contributed by atoms with Crippen LogP contribution in [-0.4, -0.2) is 46.8 Å². The molecule has 1 amide bonds. The molecule has 4 rings (SSSR count). The number of carbonyl (C=O) groups is 1. The van der Waals surface area contributed by atoms with Gasteiger partial charge in [0.2, 0.25) is 5.91 Å². The first kappa shape index (κ1) is 23.6. The summed E-state index contributed by atoms with van der Waals surface area (Å²) in [6, 6.07) is 8.75. The highest BCUT2D eigenvalue weighted by Crippen LogP contribution is 2.40. The minimum absolute atomic E-state index is 0. The third kappa shape index (κ3) is 5.69. The van der Waals surface area contributed by atoms with Crippen molar-refractivity contribution in [3.05, 3.63) is 47.9 Å². The van der Waals surface area contributed by atoms with Crippen LogP contribution in [0.5, 0.6) is 0 Å². The molecule has 2 atom stereocenters. The third-order valence-electron chi connectivity index (χ3n) is 5.56. The molecule has 1 aliphatic carbocycles. The van der Waals surface area contributed by atoms with Crippen LogP contribution >= 0.6 is 24.8 Å². The number of halogens is 3. The number of aromatic nitrogens is 2. The van der Waals surface area contributed by atoms with Crippen LogP contribution in [0, 0.1) is 11.7 Å². The monoisotopic (exact) mass is 443 g/mol. The van der Waals surface area contributed by atoms with Crippen molar-refractivity contribution in [3.63, 3.8) is 0 Å². The van der Waals surface area contributed by atoms with Gasteiger partial charge in [0.15, 0.2) is 0 Å². The molecule has 2 aromatic rings. The Labute approximate surface area is 183 Å². The number of nitrogens with zero attached hydrogens (tertiary/aromatic N) is 3. The molecule has 2 unspecified atom stereocenters. The quantitative estimate of drug-likeness (QED) is 0.717. The third-order valence-corrected chi connectivity index (χ3v) is 5.56. The Morgan fingerprint density at radius 2 is 2.14 bits per heavy atom. The molecule has 1 aromatic carbocycles. The minimum atomic E-state index is -0.250. The van der Waals surface area contributed by atoms with E-state index in [4.69, 9.17) is 0 Å². The number of nitrogens with one attached hydrogen (secondary N) is 2. The number of benzene rings is 1. The summed E-state index contributed by atoms with van der Waals surface area (Å²) in [7, 11) is 0. The topological polar surface area (TPSA) is 62.2 Å². The summed E-state index contributed by atoms with van der Waals surface area (Å²) >= 11 is 0. The lowest BCUT2D eigenvalue weighted by Gasteiger charge is -2.36. The molecule has 0 spiro atoms. The number of hydrogen-bond acceptors (Lipinski definition) is 4. The van der Waals surface area contributed by atoms with Crippen molar-refractivity contribution in [2.75, 3.05) is 31.5 Å². The SMILES string of the molecule is CC(C1CC1)n1nccc1NC(=O)CN1CCNCC1c1cccc(F)c1.Cl.Cl. The number of carbonyl (C=O) groups excluding carboxylic acids is 1. The second-order valence-corrected chi connectivity index (χ2v) is 7.53. The molecule has 2 heterocycles. The Balaban J connectivity index is 0.00000150. The van der Waals surface area contributed by atoms with Gasteiger partial charge < -0.3 is 10.6 Å². The number of rotatable bonds is 6. The van der Waals surface area contributed by atoms with Crippen LogP contribution in [0.3, 0.4) is 0 Å². The highest BCUT2D eigenvalue weighted by Gasteiger charge is 2.31. The summed E-state index contributed by atoms with van der Waals surface area (Å²) < 4.78 is 15.5. The lowest BCUT2D eigenvalue weighted by atomic mass is 10.0. The van der Waals surface area contributed by atoms with E-state index in [1.807, 2.05) is 16.8 Å². The predicted octanol–water partition coefficient (Wildman–Crippen LogP) is 3.42. The van der Waals surface area contributed by atoms with Crippen LogP contribution in [-0.2, 0) is 4.79 Å². The van der Waals surface area contributed by atoms with Crippen LogP contribution < -0.4 is 10.6 Å². The average Bonchev–Trinajstić information content (AvgIpc) is 3.41. The molecule has 9 heteroatoms. The summed E-state index contributed by atoms with van der Waals surface area (Å²) in [5.41, 5.74) is 0.891. The van der Waals surface area contributed by atoms with Crippen molar-refractivity contribution in [1.29, 1.82) is 0 Å². The first-order chi connectivity index (χ1) is 13.1. The van der Waals surface area contributed by atoms with E-state index in [1.54, 1.807) is 18.3 Å². The van der Waals surface area contributed by atoms with Crippen molar-refractivity contribution in [3.8, 4) is 0 Å². The number of hydrogen-bond donors (Lipinski definition) is 2. The smallest absolute Gasteiger partial charge is 0.239 e. The molecule has 160 valence electrons. The Kier molecular flexibility index (Phi) is 8.46. The van der Waals surface area contributed by atoms with E-state index >= 15 is 0 Å². The minimum Gasteiger partial charge on any atom is -0.314 e. The zero-order chi connectivity index (χ0) is 18.8. The first-order valence-electron chi connectivity index (χ1n) is 9.65. The molecular weight excluding hydrogens is 416 g/mol. The largest absolute Gasteiger partial charge is 0.314 e. The summed E-state index contributed by atoms with van der Waals surface area (Å²) in [5, 5.41) is 10.7. The van der Waals surface area contributed by atoms with E-state index in [2.05, 4.69) is 27.6 Å². The maximum atomic E-state index is 13.6. The normalized spacial score (nSPS) is 20.3. The molecule has 1 saturated carbocycles. The van der Waals surface area contributed by atoms with Gasteiger partial charge in [0.05, 0.1) is 18.8 Å². The van der Waals surface area contributed by atoms with E-state index in [9.17, 15) is 9.18 Å². The van der Waals surface area contributed by atoms with Crippen LogP contribution in [0.2, 0.25) is 0 Å². The van der Waals surface area contributed by atoms with E-state index in [0.717, 1.165) is 24.5 Å². The Morgan fingerprint density at radius 1 is 1.34 bits per heavy atom. The van der Waals surface area contributed by atoms with Gasteiger partial charge in [0.25, 0.3) is 0 Å². The average molecular weight is 444 g/mol. The lowest BCUT2D eigenvalue weighted by Crippen LogP contribution is -2.48. The fourth-order valence-corrected chi connectivity index (χ4v) is 3.86. The molecule has 0 bridgehead atoms. The molecule has 2 fully saturated rings. The van der Waals surface area contributed by atoms with Gasteiger partial charge in [-0.3, -0.25) is 9.69 Å². The van der Waals surface area contributed by atoms with Gasteiger partial charge in [-0.15, -0.1) is 24.8 Å². The summed E-state index contributed by atoms with van der Waals surface area (Å²) in [6.45, 7) is 4.68. The lowest BCUT2D eigenvalue weighted by molar-refractivity contribution is -0.118. The van der Waals surface area contributed by atoms with Crippen molar-refractivity contribution < 1.29 is 9.18 Å². The van der Waals surface area contributed by atoms with Crippen molar-refractivity contribution in [1.82, 2.24) is 20.0 Å². The van der Waals surface area contributed by atoms with Crippen LogP contribution in [0.4, 0.5) is 10.2 Å². The Bertz CT molecular complexity index is 814. The summed E-state index contributed by atoms with van der Waals surface area (Å²) in [6.07, 6.45) is 4.18. The van der Waals surface area contributed by atoms with E-state index in [0.29, 0.717) is 18.5 Å². The standard InChI is InChI=1S/C20H26FN5O.2ClH/c1-14(15-5-6-15)26-19(7-8-23-26)24-20(27)13-25-10-9-22-12-18(25)16-3-2-4-17(21)11-16;;/h2-4,7-8,11,14-15,18,22H,5-6,9-10,12-13H2,1H3,(H,24,27);2*1H. The molecule has 2 N–H and O–H groups in total. The van der Waals surface area contributed by atoms with Crippen LogP contribution in [0.25, 0.3) is 0 Å². The predicted molar refractivity (Wildman–Crippen MR) is 116 cm³/mol. The maximum Gasteiger partial charge on any atom is 0.239 e. The van der Waals surface area contributed by atoms with E-state index in [-0.39, 0.29) is 49.1 Å². The fourth-order valence-electron chi connectivity index (χ4n) is 3.86.